The van der Waals surface area contributed by atoms with E-state index in [1.54, 1.807) is 6.08 Å². The molecule has 9 aliphatic rings. The number of nitrogens with two attached hydrogens (primary N) is 4. The van der Waals surface area contributed by atoms with Crippen LogP contribution in [0, 0.1) is 93.7 Å². The number of ether oxygens (including phenoxy) is 1. The van der Waals surface area contributed by atoms with Crippen LogP contribution in [-0.4, -0.2) is 186 Å². The summed E-state index contributed by atoms with van der Waals surface area (Å²) in [4.78, 5) is 90.1. The molecular formula is C67H143BClF3N9O23. The summed E-state index contributed by atoms with van der Waals surface area (Å²) in [7, 11) is 1.25. The van der Waals surface area contributed by atoms with Gasteiger partial charge in [-0.25, -0.2) is 14.4 Å². The van der Waals surface area contributed by atoms with E-state index in [-0.39, 0.29) is 119 Å². The average molecular weight is 1550 g/mol. The standard InChI is InChI=1S/C9H17NO3.C8H16N2O2.C8H13NO5.C8H15NO3.C6H11NO3.C6H11NO2.C6H9NO2.C5H10O.C5H8O.6CH4.B.ClH.F2.FH.H3N.H2O.H2/c1-13-9(12)8(11)7(10)5-6-3-2-4-6;9-6(7(11)8(10)12)4-5-2-1-3-5;10-7(8(11)12)6(9(13)14)4-5-2-1-3-5;9-6(7(10)8(11)12)4-5-2-1-3-5;8-6(4-7(9)10)5-2-1-3-5;2*8-7(9)5-4-6-2-1-3-6;2*6-4-5-2-1-3-5;;;;;;;;;1-2;;;;/h6-8,11H,2-5,10H2,1H3;5-7,11H,1-4,9H2,(H2,10,12);5-7,10H,1-4H2,(H,11,12);5-7,10H,1-4,9H2,(H,11,12);5-6,8H,1-4H2;6H,1-5H2;4-6H,1-3H2;5-6H,1-4H2;4-5H,1-3H2;6*1H4;;1H;;1H;1H3;1H2;1H/b;;;;;;5-4+;;;;;;;;;;;;;;;/i;;;;;;;;;;;;;;;;;;;;;1+1. The molecule has 0 aliphatic heterocycles. The zero-order valence-electron chi connectivity index (χ0n) is 56.6. The molecule has 625 valence electrons. The minimum absolute atomic E-state index is 0. The van der Waals surface area contributed by atoms with Gasteiger partial charge in [0.2, 0.25) is 37.3 Å². The maximum absolute atomic E-state index is 10.9. The Morgan fingerprint density at radius 1 is 0.538 bits per heavy atom. The van der Waals surface area contributed by atoms with E-state index in [2.05, 4.69) is 4.74 Å². The number of hydrogen-bond acceptors (Lipinski definition) is 24. The summed E-state index contributed by atoms with van der Waals surface area (Å²) in [5.74, 6) is 0.310. The lowest BCUT2D eigenvalue weighted by Gasteiger charge is -2.29. The van der Waals surface area contributed by atoms with Crippen LogP contribution < -0.4 is 29.1 Å². The smallest absolute Gasteiger partial charge is 0.339 e. The van der Waals surface area contributed by atoms with Gasteiger partial charge in [-0.15, -0.1) is 12.4 Å². The number of halogens is 4. The fraction of sp³-hybridized carbons (Fsp3) is 0.896. The second kappa shape index (κ2) is 73.1. The van der Waals surface area contributed by atoms with E-state index < -0.39 is 93.3 Å². The van der Waals surface area contributed by atoms with Crippen molar-refractivity contribution in [3.05, 3.63) is 52.7 Å². The van der Waals surface area contributed by atoms with Gasteiger partial charge in [0.25, 0.3) is 0 Å². The second-order valence-corrected chi connectivity index (χ2v) is 25.9. The first-order valence-corrected chi connectivity index (χ1v) is 32.9. The number of carbonyl (C=O) groups is 5. The Morgan fingerprint density at radius 3 is 1.08 bits per heavy atom. The first-order chi connectivity index (χ1) is 44.0. The van der Waals surface area contributed by atoms with Crippen molar-refractivity contribution in [3.8, 4) is 0 Å². The van der Waals surface area contributed by atoms with Crippen LogP contribution in [0.4, 0.5) is 13.9 Å². The molecule has 9 aliphatic carbocycles. The molecule has 9 rings (SSSR count). The number of amides is 1. The Morgan fingerprint density at radius 2 is 0.865 bits per heavy atom. The molecule has 0 bridgehead atoms. The molecule has 0 heterocycles. The number of allylic oxidation sites excluding steroid dienone is 1. The number of aliphatic carboxylic acids is 2. The van der Waals surface area contributed by atoms with E-state index in [0.717, 1.165) is 102 Å². The molecule has 9 unspecified atom stereocenters. The SMILES string of the molecule is C.C.C.C.C.C.COC(=O)C(O)C(N)CC1CCC1.Cl.F.FF.N.NC(=O)C(O)C(N)CC1CCC1.NC(CC1CCC1)C(O)C(=O)O.O.O=C(O)C(O)C(CC1CCC1)[N+](=O)[O-].O=CC1CCC1.O=[N+]([O-])/C=C/C1CCC1.O=[N+]([O-])CC(O)C1CCC1.O=[N+]([O-])CCC1CCC1.OCC1CCC1.[2HH].[B]. The number of carboxylic acid groups (broad SMARTS) is 2. The van der Waals surface area contributed by atoms with Gasteiger partial charge in [0, 0.05) is 77.2 Å². The molecule has 9 fully saturated rings. The van der Waals surface area contributed by atoms with E-state index in [1.165, 1.54) is 103 Å². The van der Waals surface area contributed by atoms with Crippen LogP contribution in [0.1, 0.15) is 251 Å². The predicted molar refractivity (Wildman–Crippen MR) is 402 cm³/mol. The third kappa shape index (κ3) is 56.9. The lowest BCUT2D eigenvalue weighted by atomic mass is 9.80. The Bertz CT molecular complexity index is 2150. The van der Waals surface area contributed by atoms with Crippen molar-refractivity contribution in [1.29, 1.82) is 0 Å². The molecule has 0 aromatic rings. The van der Waals surface area contributed by atoms with Crippen LogP contribution in [-0.2, 0) is 28.7 Å². The molecule has 104 heavy (non-hydrogen) atoms. The highest BCUT2D eigenvalue weighted by Gasteiger charge is 2.39. The second-order valence-electron chi connectivity index (χ2n) is 25.9. The van der Waals surface area contributed by atoms with Gasteiger partial charge < -0.3 is 84.9 Å². The average Bonchev–Trinajstić information content (AvgIpc) is 0.884. The maximum atomic E-state index is 10.9. The van der Waals surface area contributed by atoms with Gasteiger partial charge in [-0.2, -0.15) is 0 Å². The van der Waals surface area contributed by atoms with Crippen LogP contribution in [0.15, 0.2) is 12.3 Å². The molecule has 3 radical (unpaired) electrons. The first kappa shape index (κ1) is 125. The molecule has 37 heteroatoms. The number of aldehydes is 1. The van der Waals surface area contributed by atoms with Gasteiger partial charge in [-0.05, 0) is 124 Å². The fourth-order valence-corrected chi connectivity index (χ4v) is 10.3. The number of nitro groups is 4. The molecule has 21 N–H and O–H groups in total. The lowest BCUT2D eigenvalue weighted by Crippen LogP contribution is -2.45. The van der Waals surface area contributed by atoms with Crippen molar-refractivity contribution >= 4 is 50.9 Å². The molecule has 0 saturated heterocycles. The van der Waals surface area contributed by atoms with Gasteiger partial charge >= 0.3 is 17.9 Å². The van der Waals surface area contributed by atoms with Crippen LogP contribution in [0.5, 0.6) is 0 Å². The van der Waals surface area contributed by atoms with Gasteiger partial charge in [-0.3, -0.25) is 50.0 Å². The van der Waals surface area contributed by atoms with Crippen LogP contribution in [0.3, 0.4) is 0 Å². The normalized spacial score (nSPS) is 19.0. The number of nitrogens with zero attached hydrogens (tertiary/aromatic N) is 4. The first-order valence-electron chi connectivity index (χ1n) is 32.9. The number of carboxylic acids is 2. The molecule has 0 aromatic heterocycles. The van der Waals surface area contributed by atoms with E-state index in [0.29, 0.717) is 60.9 Å². The maximum Gasteiger partial charge on any atom is 0.339 e. The predicted octanol–water partition coefficient (Wildman–Crippen LogP) is 9.26. The van der Waals surface area contributed by atoms with E-state index in [4.69, 9.17) is 67.8 Å². The fourth-order valence-electron chi connectivity index (χ4n) is 10.3. The van der Waals surface area contributed by atoms with Crippen LogP contribution in [0.2, 0.25) is 0 Å². The minimum atomic E-state index is -1.88. The number of aliphatic hydroxyl groups is 6. The minimum Gasteiger partial charge on any atom is -0.479 e. The van der Waals surface area contributed by atoms with Crippen LogP contribution >= 0.6 is 12.4 Å². The van der Waals surface area contributed by atoms with Crippen molar-refractivity contribution in [2.45, 2.75) is 305 Å². The summed E-state index contributed by atoms with van der Waals surface area (Å²) >= 11 is 0. The zero-order chi connectivity index (χ0) is 70.6. The quantitative estimate of drug-likeness (QED) is 0.0120. The highest BCUT2D eigenvalue weighted by atomic mass is 35.5. The van der Waals surface area contributed by atoms with Gasteiger partial charge in [0.15, 0.2) is 12.2 Å². The Hall–Kier alpha value is -5.41. The molecule has 0 aromatic carbocycles. The van der Waals surface area contributed by atoms with E-state index >= 15 is 0 Å². The van der Waals surface area contributed by atoms with Crippen molar-refractivity contribution in [1.82, 2.24) is 6.15 Å². The summed E-state index contributed by atoms with van der Waals surface area (Å²) < 4.78 is 20.4. The summed E-state index contributed by atoms with van der Waals surface area (Å²) in [6.07, 6.45) is 31.6. The van der Waals surface area contributed by atoms with Gasteiger partial charge in [-0.1, -0.05) is 167 Å². The topological polar surface area (TPSA) is 600 Å². The Balaban J connectivity index is -0.0000000817. The van der Waals surface area contributed by atoms with Gasteiger partial charge in [0.05, 0.1) is 12.0 Å². The summed E-state index contributed by atoms with van der Waals surface area (Å²) in [6.45, 7) is 0.301. The molecule has 1 amide bonds. The zero-order valence-corrected chi connectivity index (χ0v) is 57.4. The molecule has 9 saturated carbocycles. The number of primary amides is 1. The highest BCUT2D eigenvalue weighted by molar-refractivity contribution is 5.85. The highest BCUT2D eigenvalue weighted by Crippen LogP contribution is 2.35. The number of methoxy groups -OCH3 is 1. The lowest BCUT2D eigenvalue weighted by molar-refractivity contribution is -0.534. The number of rotatable bonds is 27. The van der Waals surface area contributed by atoms with Crippen molar-refractivity contribution in [2.75, 3.05) is 26.8 Å². The summed E-state index contributed by atoms with van der Waals surface area (Å²) in [5.41, 5.74) is 21.6. The molecule has 32 nitrogen and oxygen atoms in total. The number of esters is 1. The largest absolute Gasteiger partial charge is 0.479 e. The summed E-state index contributed by atoms with van der Waals surface area (Å²) in [6, 6.07) is -2.92. The summed E-state index contributed by atoms with van der Waals surface area (Å²) in [5, 5.41) is 111. The number of carbonyl (C=O) groups excluding carboxylic acids is 3. The third-order valence-corrected chi connectivity index (χ3v) is 18.8. The third-order valence-electron chi connectivity index (χ3n) is 18.8. The number of aliphatic hydroxyl groups excluding tert-OH is 6. The molecular weight excluding hydrogens is 1400 g/mol. The monoisotopic (exact) mass is 1550 g/mol. The van der Waals surface area contributed by atoms with E-state index in [1.807, 2.05) is 0 Å². The van der Waals surface area contributed by atoms with Crippen molar-refractivity contribution in [3.63, 3.8) is 0 Å². The molecule has 9 atom stereocenters. The van der Waals surface area contributed by atoms with Crippen molar-refractivity contribution < 1.29 is 110 Å². The van der Waals surface area contributed by atoms with Gasteiger partial charge in [0.1, 0.15) is 18.5 Å². The Kier molecular flexibility index (Phi) is 88.1. The number of hydrogen-bond donors (Lipinski definition) is 13. The van der Waals surface area contributed by atoms with Crippen LogP contribution in [0.25, 0.3) is 0 Å². The van der Waals surface area contributed by atoms with Crippen molar-refractivity contribution in [2.24, 2.45) is 76.2 Å². The van der Waals surface area contributed by atoms with E-state index in [9.17, 15) is 69.5 Å². The Labute approximate surface area is 625 Å². The molecule has 0 spiro atoms.